The monoisotopic (exact) mass is 332 g/mol. The number of aromatic nitrogens is 2. The molecule has 1 aliphatic heterocycles. The molecule has 6 nitrogen and oxygen atoms in total. The van der Waals surface area contributed by atoms with Crippen molar-refractivity contribution in [3.05, 3.63) is 59.4 Å². The molecule has 1 aromatic heterocycles. The van der Waals surface area contributed by atoms with Crippen molar-refractivity contribution < 1.29 is 13.9 Å². The number of nitrogens with zero attached hydrogens (tertiary/aromatic N) is 3. The van der Waals surface area contributed by atoms with E-state index < -0.39 is 5.83 Å². The van der Waals surface area contributed by atoms with Gasteiger partial charge in [0.25, 0.3) is 5.91 Å². The maximum atomic E-state index is 13.1. The minimum Gasteiger partial charge on any atom is -0.482 e. The molecule has 4 rings (SSSR count). The Morgan fingerprint density at radius 1 is 1.36 bits per heavy atom. The summed E-state index contributed by atoms with van der Waals surface area (Å²) in [5, 5.41) is 16.3. The molecule has 7 heteroatoms. The first kappa shape index (κ1) is 14.7. The largest absolute Gasteiger partial charge is 0.482 e. The highest BCUT2D eigenvalue weighted by Gasteiger charge is 2.20. The van der Waals surface area contributed by atoms with Gasteiger partial charge in [-0.15, -0.1) is 0 Å². The minimum absolute atomic E-state index is 0.0336. The predicted molar refractivity (Wildman–Crippen MR) is 87.0 cm³/mol. The molecule has 25 heavy (non-hydrogen) atoms. The Labute approximate surface area is 141 Å². The van der Waals surface area contributed by atoms with Crippen LogP contribution >= 0.6 is 0 Å². The van der Waals surface area contributed by atoms with E-state index in [4.69, 9.17) is 4.74 Å². The average molecular weight is 332 g/mol. The lowest BCUT2D eigenvalue weighted by Gasteiger charge is -2.19. The lowest BCUT2D eigenvalue weighted by atomic mass is 10.1. The van der Waals surface area contributed by atoms with Gasteiger partial charge in [-0.25, -0.2) is 4.68 Å². The first-order valence-electron chi connectivity index (χ1n) is 7.31. The molecule has 0 fully saturated rings. The van der Waals surface area contributed by atoms with Gasteiger partial charge in [0.2, 0.25) is 0 Å². The molecule has 1 N–H and O–H groups in total. The second-order valence-corrected chi connectivity index (χ2v) is 5.29. The molecular weight excluding hydrogens is 323 g/mol. The van der Waals surface area contributed by atoms with Gasteiger partial charge in [0.1, 0.15) is 17.5 Å². The van der Waals surface area contributed by atoms with Crippen LogP contribution in [0.2, 0.25) is 0 Å². The number of nitrogens with one attached hydrogen (secondary N) is 1. The van der Waals surface area contributed by atoms with Gasteiger partial charge >= 0.3 is 0 Å². The van der Waals surface area contributed by atoms with Crippen LogP contribution in [0.1, 0.15) is 5.56 Å². The quantitative estimate of drug-likeness (QED) is 0.858. The summed E-state index contributed by atoms with van der Waals surface area (Å²) < 4.78 is 19.9. The number of benzene rings is 1. The topological polar surface area (TPSA) is 79.9 Å². The third kappa shape index (κ3) is 2.54. The lowest BCUT2D eigenvalue weighted by Crippen LogP contribution is -2.25. The fourth-order valence-corrected chi connectivity index (χ4v) is 2.60. The zero-order valence-electron chi connectivity index (χ0n) is 12.7. The van der Waals surface area contributed by atoms with Crippen LogP contribution in [-0.2, 0) is 4.79 Å². The van der Waals surface area contributed by atoms with Crippen molar-refractivity contribution in [2.24, 2.45) is 0 Å². The van der Waals surface area contributed by atoms with E-state index in [9.17, 15) is 14.4 Å². The SMILES string of the molecule is N#Cc1cnn(C2=C=C=C(F)C=C2)c1-c1ccc2c(c1)NC(=O)CO2. The van der Waals surface area contributed by atoms with E-state index in [2.05, 4.69) is 27.9 Å². The normalized spacial score (nSPS) is 14.8. The summed E-state index contributed by atoms with van der Waals surface area (Å²) in [7, 11) is 0. The molecule has 1 aliphatic carbocycles. The van der Waals surface area contributed by atoms with Gasteiger partial charge in [0, 0.05) is 5.56 Å². The number of hydrogen-bond donors (Lipinski definition) is 1. The number of carbonyl (C=O) groups is 1. The van der Waals surface area contributed by atoms with E-state index in [1.54, 1.807) is 18.2 Å². The Hall–Kier alpha value is -3.84. The maximum absolute atomic E-state index is 13.1. The second kappa shape index (κ2) is 5.66. The zero-order chi connectivity index (χ0) is 17.4. The lowest BCUT2D eigenvalue weighted by molar-refractivity contribution is -0.118. The molecule has 0 atom stereocenters. The molecule has 0 spiro atoms. The van der Waals surface area contributed by atoms with Gasteiger partial charge in [-0.2, -0.15) is 14.8 Å². The highest BCUT2D eigenvalue weighted by atomic mass is 19.1. The average Bonchev–Trinajstić information content (AvgIpc) is 3.05. The van der Waals surface area contributed by atoms with Crippen molar-refractivity contribution in [2.75, 3.05) is 11.9 Å². The van der Waals surface area contributed by atoms with Crippen molar-refractivity contribution in [3.8, 4) is 23.1 Å². The van der Waals surface area contributed by atoms with E-state index in [0.29, 0.717) is 34.0 Å². The standard InChI is InChI=1S/C18H9FN4O2/c19-13-2-4-14(5-3-13)23-18(12(8-20)9-21-23)11-1-6-16-15(7-11)22-17(24)10-25-16/h1-2,4,6-7,9H,10H2,(H,22,24). The number of fused-ring (bicyclic) bond motifs is 1. The van der Waals surface area contributed by atoms with E-state index in [1.807, 2.05) is 0 Å². The van der Waals surface area contributed by atoms with E-state index >= 15 is 0 Å². The van der Waals surface area contributed by atoms with E-state index in [-0.39, 0.29) is 12.5 Å². The summed E-state index contributed by atoms with van der Waals surface area (Å²) in [6, 6.07) is 7.26. The van der Waals surface area contributed by atoms with Crippen molar-refractivity contribution in [3.63, 3.8) is 0 Å². The molecule has 0 radical (unpaired) electrons. The Kier molecular flexibility index (Phi) is 3.34. The second-order valence-electron chi connectivity index (χ2n) is 5.29. The number of halogens is 1. The fourth-order valence-electron chi connectivity index (χ4n) is 2.60. The fraction of sp³-hybridized carbons (Fsp3) is 0.0556. The van der Waals surface area contributed by atoms with Crippen LogP contribution < -0.4 is 10.1 Å². The Bertz CT molecular complexity index is 1090. The van der Waals surface area contributed by atoms with E-state index in [1.165, 1.54) is 23.0 Å². The molecule has 1 amide bonds. The van der Waals surface area contributed by atoms with Crippen LogP contribution in [-0.4, -0.2) is 22.3 Å². The molecule has 1 aromatic carbocycles. The van der Waals surface area contributed by atoms with Gasteiger partial charge < -0.3 is 10.1 Å². The summed E-state index contributed by atoms with van der Waals surface area (Å²) >= 11 is 0. The molecule has 0 bridgehead atoms. The molecule has 2 aliphatic rings. The first-order valence-corrected chi connectivity index (χ1v) is 7.31. The number of nitriles is 1. The van der Waals surface area contributed by atoms with Gasteiger partial charge in [-0.3, -0.25) is 4.79 Å². The molecule has 0 unspecified atom stereocenters. The molecule has 0 saturated carbocycles. The highest BCUT2D eigenvalue weighted by Crippen LogP contribution is 2.34. The number of anilines is 1. The summed E-state index contributed by atoms with van der Waals surface area (Å²) in [5.74, 6) is -0.235. The third-order valence-electron chi connectivity index (χ3n) is 3.70. The highest BCUT2D eigenvalue weighted by molar-refractivity contribution is 5.96. The number of carbonyl (C=O) groups excluding carboxylic acids is 1. The van der Waals surface area contributed by atoms with Gasteiger partial charge in [0.05, 0.1) is 23.1 Å². The van der Waals surface area contributed by atoms with Gasteiger partial charge in [-0.05, 0) is 41.8 Å². The minimum atomic E-state index is -0.536. The van der Waals surface area contributed by atoms with Crippen molar-refractivity contribution in [1.29, 1.82) is 5.26 Å². The number of allylic oxidation sites excluding steroid dienone is 4. The van der Waals surface area contributed by atoms with Crippen molar-refractivity contribution in [2.45, 2.75) is 0 Å². The molecule has 2 heterocycles. The Balaban J connectivity index is 1.89. The third-order valence-corrected chi connectivity index (χ3v) is 3.70. The summed E-state index contributed by atoms with van der Waals surface area (Å²) in [5.41, 5.74) is 7.45. The van der Waals surface area contributed by atoms with Crippen LogP contribution in [0, 0.1) is 11.3 Å². The number of ether oxygens (including phenoxy) is 1. The zero-order valence-corrected chi connectivity index (χ0v) is 12.7. The Morgan fingerprint density at radius 3 is 3.00 bits per heavy atom. The van der Waals surface area contributed by atoms with Crippen LogP contribution in [0.25, 0.3) is 17.0 Å². The van der Waals surface area contributed by atoms with Crippen LogP contribution in [0.4, 0.5) is 10.1 Å². The first-order chi connectivity index (χ1) is 12.2. The number of rotatable bonds is 2. The van der Waals surface area contributed by atoms with Gasteiger partial charge in [-0.1, -0.05) is 0 Å². The van der Waals surface area contributed by atoms with Crippen molar-refractivity contribution in [1.82, 2.24) is 9.78 Å². The number of amides is 1. The predicted octanol–water partition coefficient (Wildman–Crippen LogP) is 2.77. The summed E-state index contributed by atoms with van der Waals surface area (Å²) in [6.07, 6.45) is 4.15. The molecule has 120 valence electrons. The Morgan fingerprint density at radius 2 is 2.24 bits per heavy atom. The summed E-state index contributed by atoms with van der Waals surface area (Å²) in [6.45, 7) is -0.0336. The van der Waals surface area contributed by atoms with Gasteiger partial charge in [0.15, 0.2) is 12.4 Å². The van der Waals surface area contributed by atoms with Crippen LogP contribution in [0.5, 0.6) is 5.75 Å². The smallest absolute Gasteiger partial charge is 0.262 e. The van der Waals surface area contributed by atoms with Crippen molar-refractivity contribution >= 4 is 17.3 Å². The number of hydrogen-bond acceptors (Lipinski definition) is 4. The summed E-state index contributed by atoms with van der Waals surface area (Å²) in [4.78, 5) is 11.5. The van der Waals surface area contributed by atoms with Crippen LogP contribution in [0.3, 0.4) is 0 Å². The maximum Gasteiger partial charge on any atom is 0.262 e. The van der Waals surface area contributed by atoms with E-state index in [0.717, 1.165) is 0 Å². The molecule has 0 saturated heterocycles. The molecule has 2 aromatic rings. The van der Waals surface area contributed by atoms with Crippen LogP contribution in [0.15, 0.2) is 53.8 Å². The molecular formula is C18H9FN4O2.